The van der Waals surface area contributed by atoms with Crippen molar-refractivity contribution in [3.63, 3.8) is 0 Å². The van der Waals surface area contributed by atoms with Crippen LogP contribution in [-0.4, -0.2) is 28.7 Å². The fourth-order valence-corrected chi connectivity index (χ4v) is 2.82. The molecule has 2 rings (SSSR count). The summed E-state index contributed by atoms with van der Waals surface area (Å²) in [7, 11) is 0. The second-order valence-electron chi connectivity index (χ2n) is 5.17. The van der Waals surface area contributed by atoms with Crippen molar-refractivity contribution in [3.05, 3.63) is 22.7 Å². The minimum absolute atomic E-state index is 0.0454. The summed E-state index contributed by atoms with van der Waals surface area (Å²) in [5.74, 6) is 0.621. The zero-order valence-electron chi connectivity index (χ0n) is 11.7. The maximum Gasteiger partial charge on any atom is 0.293 e. The summed E-state index contributed by atoms with van der Waals surface area (Å²) in [6.45, 7) is 4.49. The van der Waals surface area contributed by atoms with E-state index in [4.69, 9.17) is 5.73 Å². The Hall–Kier alpha value is -1.36. The molecule has 2 heterocycles. The van der Waals surface area contributed by atoms with Crippen LogP contribution in [0.25, 0.3) is 0 Å². The minimum Gasteiger partial charge on any atom is -0.349 e. The zero-order chi connectivity index (χ0) is 13.7. The quantitative estimate of drug-likeness (QED) is 0.842. The van der Waals surface area contributed by atoms with Crippen LogP contribution in [0.15, 0.2) is 17.2 Å². The minimum atomic E-state index is 0.0454. The standard InChI is InChI=1S/C14H24N4O/c1-2-9-17-11-8-16-13(14(17)19)18-10-4-6-12(18)5-3-7-15/h8,11-12H,2-7,9-10,15H2,1H3. The second-order valence-corrected chi connectivity index (χ2v) is 5.17. The Balaban J connectivity index is 2.20. The molecule has 1 fully saturated rings. The lowest BCUT2D eigenvalue weighted by Gasteiger charge is -2.25. The average Bonchev–Trinajstić information content (AvgIpc) is 2.87. The Morgan fingerprint density at radius 1 is 1.53 bits per heavy atom. The molecular formula is C14H24N4O. The van der Waals surface area contributed by atoms with Gasteiger partial charge in [0.2, 0.25) is 0 Å². The highest BCUT2D eigenvalue weighted by atomic mass is 16.1. The highest BCUT2D eigenvalue weighted by Gasteiger charge is 2.27. The molecule has 0 radical (unpaired) electrons. The molecule has 1 aromatic rings. The molecule has 19 heavy (non-hydrogen) atoms. The van der Waals surface area contributed by atoms with E-state index >= 15 is 0 Å². The molecule has 1 saturated heterocycles. The van der Waals surface area contributed by atoms with Gasteiger partial charge in [0.1, 0.15) is 0 Å². The lowest BCUT2D eigenvalue weighted by Crippen LogP contribution is -2.37. The molecule has 5 nitrogen and oxygen atoms in total. The smallest absolute Gasteiger partial charge is 0.293 e. The van der Waals surface area contributed by atoms with E-state index in [0.717, 1.165) is 45.2 Å². The van der Waals surface area contributed by atoms with Crippen molar-refractivity contribution < 1.29 is 0 Å². The van der Waals surface area contributed by atoms with E-state index < -0.39 is 0 Å². The largest absolute Gasteiger partial charge is 0.349 e. The van der Waals surface area contributed by atoms with Gasteiger partial charge in [-0.05, 0) is 38.6 Å². The number of hydrogen-bond acceptors (Lipinski definition) is 4. The van der Waals surface area contributed by atoms with Gasteiger partial charge in [-0.15, -0.1) is 0 Å². The first-order chi connectivity index (χ1) is 9.27. The van der Waals surface area contributed by atoms with E-state index in [1.165, 1.54) is 0 Å². The Morgan fingerprint density at radius 3 is 3.11 bits per heavy atom. The number of anilines is 1. The summed E-state index contributed by atoms with van der Waals surface area (Å²) in [5, 5.41) is 0. The van der Waals surface area contributed by atoms with E-state index in [1.807, 2.05) is 0 Å². The predicted octanol–water partition coefficient (Wildman–Crippen LogP) is 1.36. The molecular weight excluding hydrogens is 240 g/mol. The molecule has 5 heteroatoms. The molecule has 0 spiro atoms. The van der Waals surface area contributed by atoms with Gasteiger partial charge in [-0.1, -0.05) is 6.92 Å². The molecule has 0 saturated carbocycles. The van der Waals surface area contributed by atoms with Crippen LogP contribution in [0.3, 0.4) is 0 Å². The molecule has 1 unspecified atom stereocenters. The monoisotopic (exact) mass is 264 g/mol. The molecule has 2 N–H and O–H groups in total. The fraction of sp³-hybridized carbons (Fsp3) is 0.714. The molecule has 0 bridgehead atoms. The van der Waals surface area contributed by atoms with Gasteiger partial charge in [-0.2, -0.15) is 0 Å². The van der Waals surface area contributed by atoms with Gasteiger partial charge in [0, 0.05) is 31.5 Å². The number of aryl methyl sites for hydroxylation is 1. The lowest BCUT2D eigenvalue weighted by molar-refractivity contribution is 0.574. The van der Waals surface area contributed by atoms with Crippen LogP contribution < -0.4 is 16.2 Å². The van der Waals surface area contributed by atoms with E-state index in [0.29, 0.717) is 18.4 Å². The molecule has 0 amide bonds. The Kier molecular flexibility index (Phi) is 4.96. The summed E-state index contributed by atoms with van der Waals surface area (Å²) < 4.78 is 1.76. The first-order valence-electron chi connectivity index (χ1n) is 7.30. The summed E-state index contributed by atoms with van der Waals surface area (Å²) in [4.78, 5) is 18.9. The first kappa shape index (κ1) is 14.1. The predicted molar refractivity (Wildman–Crippen MR) is 77.4 cm³/mol. The van der Waals surface area contributed by atoms with Crippen molar-refractivity contribution in [1.82, 2.24) is 9.55 Å². The first-order valence-corrected chi connectivity index (χ1v) is 7.30. The average molecular weight is 264 g/mol. The van der Waals surface area contributed by atoms with Gasteiger partial charge >= 0.3 is 0 Å². The Labute approximate surface area is 114 Å². The SMILES string of the molecule is CCCn1ccnc(N2CCCC2CCCN)c1=O. The van der Waals surface area contributed by atoms with E-state index in [2.05, 4.69) is 16.8 Å². The van der Waals surface area contributed by atoms with E-state index in [9.17, 15) is 4.79 Å². The topological polar surface area (TPSA) is 64.2 Å². The molecule has 0 aliphatic carbocycles. The maximum atomic E-state index is 12.4. The third-order valence-electron chi connectivity index (χ3n) is 3.75. The van der Waals surface area contributed by atoms with Gasteiger partial charge < -0.3 is 15.2 Å². The molecule has 1 atom stereocenters. The van der Waals surface area contributed by atoms with Crippen molar-refractivity contribution >= 4 is 5.82 Å². The number of rotatable bonds is 6. The zero-order valence-corrected chi connectivity index (χ0v) is 11.7. The van der Waals surface area contributed by atoms with Gasteiger partial charge in [0.15, 0.2) is 5.82 Å². The van der Waals surface area contributed by atoms with Crippen LogP contribution in [0.1, 0.15) is 39.0 Å². The number of aromatic nitrogens is 2. The van der Waals surface area contributed by atoms with Crippen molar-refractivity contribution in [1.29, 1.82) is 0 Å². The third-order valence-corrected chi connectivity index (χ3v) is 3.75. The summed E-state index contributed by atoms with van der Waals surface area (Å²) >= 11 is 0. The molecule has 0 aromatic carbocycles. The fourth-order valence-electron chi connectivity index (χ4n) is 2.82. The van der Waals surface area contributed by atoms with Gasteiger partial charge in [-0.3, -0.25) is 4.79 Å². The van der Waals surface area contributed by atoms with E-state index in [-0.39, 0.29) is 5.56 Å². The van der Waals surface area contributed by atoms with Crippen LogP contribution >= 0.6 is 0 Å². The van der Waals surface area contributed by atoms with Crippen molar-refractivity contribution in [2.75, 3.05) is 18.0 Å². The summed E-state index contributed by atoms with van der Waals surface area (Å²) in [6, 6.07) is 0.432. The van der Waals surface area contributed by atoms with Gasteiger partial charge in [0.05, 0.1) is 0 Å². The number of nitrogens with zero attached hydrogens (tertiary/aromatic N) is 3. The number of hydrogen-bond donors (Lipinski definition) is 1. The molecule has 1 aromatic heterocycles. The lowest BCUT2D eigenvalue weighted by atomic mass is 10.1. The van der Waals surface area contributed by atoms with E-state index in [1.54, 1.807) is 17.0 Å². The van der Waals surface area contributed by atoms with Gasteiger partial charge in [0.25, 0.3) is 5.56 Å². The Morgan fingerprint density at radius 2 is 2.37 bits per heavy atom. The number of nitrogens with two attached hydrogens (primary N) is 1. The van der Waals surface area contributed by atoms with Gasteiger partial charge in [-0.25, -0.2) is 4.98 Å². The third kappa shape index (κ3) is 3.15. The summed E-state index contributed by atoms with van der Waals surface area (Å²) in [6.07, 6.45) is 8.82. The normalized spacial score (nSPS) is 19.1. The van der Waals surface area contributed by atoms with Crippen molar-refractivity contribution in [2.45, 2.75) is 51.6 Å². The summed E-state index contributed by atoms with van der Waals surface area (Å²) in [5.41, 5.74) is 5.63. The molecule has 1 aliphatic rings. The highest BCUT2D eigenvalue weighted by molar-refractivity contribution is 5.38. The van der Waals surface area contributed by atoms with Crippen molar-refractivity contribution in [3.8, 4) is 0 Å². The molecule has 1 aliphatic heterocycles. The maximum absolute atomic E-state index is 12.4. The van der Waals surface area contributed by atoms with Crippen LogP contribution in [0.2, 0.25) is 0 Å². The molecule has 106 valence electrons. The van der Waals surface area contributed by atoms with Crippen LogP contribution in [0, 0.1) is 0 Å². The van der Waals surface area contributed by atoms with Crippen LogP contribution in [0.5, 0.6) is 0 Å². The van der Waals surface area contributed by atoms with Crippen LogP contribution in [0.4, 0.5) is 5.82 Å². The van der Waals surface area contributed by atoms with Crippen molar-refractivity contribution in [2.24, 2.45) is 5.73 Å². The van der Waals surface area contributed by atoms with Crippen LogP contribution in [-0.2, 0) is 6.54 Å². The second kappa shape index (κ2) is 6.70. The Bertz CT molecular complexity index is 457. The highest BCUT2D eigenvalue weighted by Crippen LogP contribution is 2.24.